The monoisotopic (exact) mass is 268 g/mol. The van der Waals surface area contributed by atoms with Crippen molar-refractivity contribution < 1.29 is 9.53 Å². The van der Waals surface area contributed by atoms with Gasteiger partial charge in [-0.15, -0.1) is 0 Å². The summed E-state index contributed by atoms with van der Waals surface area (Å²) in [5.74, 6) is 0.754. The first-order valence-electron chi connectivity index (χ1n) is 6.82. The fourth-order valence-electron chi connectivity index (χ4n) is 2.17. The number of ketones is 1. The fourth-order valence-corrected chi connectivity index (χ4v) is 2.17. The lowest BCUT2D eigenvalue weighted by molar-refractivity contribution is 0.0817. The third-order valence-corrected chi connectivity index (χ3v) is 3.33. The van der Waals surface area contributed by atoms with E-state index in [1.807, 2.05) is 63.2 Å². The molecule has 0 radical (unpaired) electrons. The van der Waals surface area contributed by atoms with E-state index in [9.17, 15) is 4.79 Å². The second kappa shape index (κ2) is 5.91. The number of carbonyl (C=O) groups is 1. The van der Waals surface area contributed by atoms with Crippen LogP contribution in [0.5, 0.6) is 5.75 Å². The summed E-state index contributed by atoms with van der Waals surface area (Å²) in [7, 11) is 0. The summed E-state index contributed by atoms with van der Waals surface area (Å²) < 4.78 is 5.76. The summed E-state index contributed by atoms with van der Waals surface area (Å²) in [6.45, 7) is 7.74. The molecule has 2 nitrogen and oxygen atoms in total. The normalized spacial score (nSPS) is 12.0. The highest BCUT2D eigenvalue weighted by Crippen LogP contribution is 2.18. The zero-order valence-electron chi connectivity index (χ0n) is 12.4. The molecule has 0 heterocycles. The number of hydrogen-bond donors (Lipinski definition) is 0. The summed E-state index contributed by atoms with van der Waals surface area (Å²) in [5.41, 5.74) is 3.93. The molecule has 0 aromatic heterocycles. The van der Waals surface area contributed by atoms with Gasteiger partial charge in [-0.05, 0) is 57.0 Å². The molecule has 104 valence electrons. The van der Waals surface area contributed by atoms with Crippen molar-refractivity contribution in [2.75, 3.05) is 0 Å². The van der Waals surface area contributed by atoms with Crippen molar-refractivity contribution in [3.05, 3.63) is 64.7 Å². The average Bonchev–Trinajstić information content (AvgIpc) is 2.40. The minimum Gasteiger partial charge on any atom is -0.483 e. The van der Waals surface area contributed by atoms with Crippen LogP contribution in [0.1, 0.15) is 34.0 Å². The Labute approximate surface area is 120 Å². The largest absolute Gasteiger partial charge is 0.483 e. The number of rotatable bonds is 4. The van der Waals surface area contributed by atoms with Crippen LogP contribution in [-0.4, -0.2) is 11.9 Å². The van der Waals surface area contributed by atoms with E-state index in [0.29, 0.717) is 0 Å². The van der Waals surface area contributed by atoms with Crippen molar-refractivity contribution in [2.24, 2.45) is 0 Å². The van der Waals surface area contributed by atoms with Crippen molar-refractivity contribution in [3.63, 3.8) is 0 Å². The Morgan fingerprint density at radius 3 is 2.40 bits per heavy atom. The van der Waals surface area contributed by atoms with Gasteiger partial charge < -0.3 is 4.74 Å². The van der Waals surface area contributed by atoms with Crippen LogP contribution in [0.3, 0.4) is 0 Å². The van der Waals surface area contributed by atoms with Crippen LogP contribution in [0.25, 0.3) is 0 Å². The number of ether oxygens (including phenoxy) is 1. The Hall–Kier alpha value is -2.09. The lowest BCUT2D eigenvalue weighted by Gasteiger charge is -2.15. The lowest BCUT2D eigenvalue weighted by Crippen LogP contribution is -2.24. The van der Waals surface area contributed by atoms with Gasteiger partial charge in [0.1, 0.15) is 5.75 Å². The summed E-state index contributed by atoms with van der Waals surface area (Å²) in [6, 6.07) is 13.7. The quantitative estimate of drug-likeness (QED) is 0.774. The van der Waals surface area contributed by atoms with Gasteiger partial charge in [0, 0.05) is 5.56 Å². The minimum absolute atomic E-state index is 0.0210. The standard InChI is InChI=1S/C18H20O2/c1-12-6-5-7-16(10-12)20-15(4)18(19)17-11-13(2)8-9-14(17)3/h5-11,15H,1-4H3. The molecule has 20 heavy (non-hydrogen) atoms. The Morgan fingerprint density at radius 2 is 1.70 bits per heavy atom. The smallest absolute Gasteiger partial charge is 0.203 e. The van der Waals surface area contributed by atoms with E-state index in [1.54, 1.807) is 6.92 Å². The van der Waals surface area contributed by atoms with E-state index in [1.165, 1.54) is 0 Å². The molecular formula is C18H20O2. The molecule has 1 atom stereocenters. The summed E-state index contributed by atoms with van der Waals surface area (Å²) in [4.78, 5) is 12.5. The second-order valence-corrected chi connectivity index (χ2v) is 5.26. The van der Waals surface area contributed by atoms with Gasteiger partial charge in [-0.25, -0.2) is 0 Å². The van der Waals surface area contributed by atoms with Crippen molar-refractivity contribution in [1.29, 1.82) is 0 Å². The van der Waals surface area contributed by atoms with Gasteiger partial charge in [-0.2, -0.15) is 0 Å². The molecule has 0 N–H and O–H groups in total. The molecule has 0 aliphatic rings. The first-order valence-corrected chi connectivity index (χ1v) is 6.82. The molecule has 0 amide bonds. The Morgan fingerprint density at radius 1 is 1.00 bits per heavy atom. The molecule has 2 aromatic carbocycles. The molecular weight excluding hydrogens is 248 g/mol. The maximum absolute atomic E-state index is 12.5. The van der Waals surface area contributed by atoms with Crippen LogP contribution in [0.2, 0.25) is 0 Å². The molecule has 0 fully saturated rings. The molecule has 0 spiro atoms. The highest BCUT2D eigenvalue weighted by atomic mass is 16.5. The zero-order valence-corrected chi connectivity index (χ0v) is 12.4. The highest BCUT2D eigenvalue weighted by Gasteiger charge is 2.18. The third-order valence-electron chi connectivity index (χ3n) is 3.33. The maximum Gasteiger partial charge on any atom is 0.203 e. The van der Waals surface area contributed by atoms with E-state index in [2.05, 4.69) is 0 Å². The van der Waals surface area contributed by atoms with Gasteiger partial charge in [-0.1, -0.05) is 29.8 Å². The van der Waals surface area contributed by atoms with Crippen LogP contribution in [-0.2, 0) is 0 Å². The van der Waals surface area contributed by atoms with Crippen molar-refractivity contribution in [1.82, 2.24) is 0 Å². The first-order chi connectivity index (χ1) is 9.47. The van der Waals surface area contributed by atoms with Crippen molar-refractivity contribution in [2.45, 2.75) is 33.8 Å². The molecule has 2 rings (SSSR count). The van der Waals surface area contributed by atoms with E-state index in [0.717, 1.165) is 28.0 Å². The number of benzene rings is 2. The molecule has 0 aliphatic heterocycles. The number of carbonyl (C=O) groups excluding carboxylic acids is 1. The van der Waals surface area contributed by atoms with Gasteiger partial charge in [0.25, 0.3) is 0 Å². The van der Waals surface area contributed by atoms with E-state index >= 15 is 0 Å². The SMILES string of the molecule is Cc1cccc(OC(C)C(=O)c2cc(C)ccc2C)c1. The first kappa shape index (κ1) is 14.3. The second-order valence-electron chi connectivity index (χ2n) is 5.26. The lowest BCUT2D eigenvalue weighted by atomic mass is 9.99. The van der Waals surface area contributed by atoms with Crippen molar-refractivity contribution in [3.8, 4) is 5.75 Å². The average molecular weight is 268 g/mol. The molecule has 0 saturated heterocycles. The van der Waals surface area contributed by atoms with Gasteiger partial charge in [0.05, 0.1) is 0 Å². The van der Waals surface area contributed by atoms with Crippen LogP contribution in [0, 0.1) is 20.8 Å². The van der Waals surface area contributed by atoms with Gasteiger partial charge in [0.2, 0.25) is 5.78 Å². The van der Waals surface area contributed by atoms with Gasteiger partial charge in [0.15, 0.2) is 6.10 Å². The molecule has 0 saturated carbocycles. The summed E-state index contributed by atoms with van der Waals surface area (Å²) >= 11 is 0. The topological polar surface area (TPSA) is 26.3 Å². The van der Waals surface area contributed by atoms with E-state index in [-0.39, 0.29) is 5.78 Å². The van der Waals surface area contributed by atoms with Gasteiger partial charge >= 0.3 is 0 Å². The van der Waals surface area contributed by atoms with Gasteiger partial charge in [-0.3, -0.25) is 4.79 Å². The predicted octanol–water partition coefficient (Wildman–Crippen LogP) is 4.26. The third kappa shape index (κ3) is 3.27. The highest BCUT2D eigenvalue weighted by molar-refractivity contribution is 6.00. The van der Waals surface area contributed by atoms with Crippen LogP contribution >= 0.6 is 0 Å². The molecule has 1 unspecified atom stereocenters. The molecule has 0 aliphatic carbocycles. The number of aryl methyl sites for hydroxylation is 3. The van der Waals surface area contributed by atoms with Crippen LogP contribution < -0.4 is 4.74 Å². The van der Waals surface area contributed by atoms with Crippen LogP contribution in [0.15, 0.2) is 42.5 Å². The molecule has 0 bridgehead atoms. The maximum atomic E-state index is 12.5. The predicted molar refractivity (Wildman–Crippen MR) is 81.5 cm³/mol. The zero-order chi connectivity index (χ0) is 14.7. The van der Waals surface area contributed by atoms with E-state index in [4.69, 9.17) is 4.74 Å². The molecule has 2 heteroatoms. The van der Waals surface area contributed by atoms with Crippen molar-refractivity contribution >= 4 is 5.78 Å². The molecule has 2 aromatic rings. The number of Topliss-reactive ketones (excluding diaryl/α,β-unsaturated/α-hetero) is 1. The summed E-state index contributed by atoms with van der Waals surface area (Å²) in [6.07, 6.45) is -0.489. The van der Waals surface area contributed by atoms with E-state index < -0.39 is 6.10 Å². The summed E-state index contributed by atoms with van der Waals surface area (Å²) in [5, 5.41) is 0. The Bertz CT molecular complexity index is 629. The fraction of sp³-hybridized carbons (Fsp3) is 0.278. The number of hydrogen-bond acceptors (Lipinski definition) is 2. The minimum atomic E-state index is -0.489. The van der Waals surface area contributed by atoms with Crippen LogP contribution in [0.4, 0.5) is 0 Å². The Balaban J connectivity index is 2.18. The Kier molecular flexibility index (Phi) is 4.23.